The van der Waals surface area contributed by atoms with Crippen LogP contribution in [0.4, 0.5) is 0 Å². The van der Waals surface area contributed by atoms with E-state index in [1.807, 2.05) is 30.3 Å². The van der Waals surface area contributed by atoms with Gasteiger partial charge in [0.05, 0.1) is 13.2 Å². The van der Waals surface area contributed by atoms with Gasteiger partial charge in [0, 0.05) is 17.7 Å². The van der Waals surface area contributed by atoms with Crippen LogP contribution in [-0.4, -0.2) is 27.9 Å². The molecule has 2 rings (SSSR count). The second-order valence-electron chi connectivity index (χ2n) is 5.06. The molecule has 6 nitrogen and oxygen atoms in total. The summed E-state index contributed by atoms with van der Waals surface area (Å²) in [5.74, 6) is 0. The number of H-pyrrole nitrogens is 1. The van der Waals surface area contributed by atoms with Crippen molar-refractivity contribution >= 4 is 0 Å². The highest BCUT2D eigenvalue weighted by Gasteiger charge is 2.17. The molecular formula is C16H20N2O4. The summed E-state index contributed by atoms with van der Waals surface area (Å²) in [6.45, 7) is 3.39. The zero-order valence-electron chi connectivity index (χ0n) is 12.7. The third kappa shape index (κ3) is 3.52. The van der Waals surface area contributed by atoms with Crippen LogP contribution in [-0.2, 0) is 11.2 Å². The molecule has 0 amide bonds. The maximum Gasteiger partial charge on any atom is 0.330 e. The van der Waals surface area contributed by atoms with Gasteiger partial charge in [-0.1, -0.05) is 30.3 Å². The van der Waals surface area contributed by atoms with Gasteiger partial charge in [0.15, 0.2) is 0 Å². The molecular weight excluding hydrogens is 284 g/mol. The summed E-state index contributed by atoms with van der Waals surface area (Å²) in [6, 6.07) is 9.61. The SMILES string of the molecule is Cc1c(Cc2ccccc2)n(C(C)OCCO)c(=O)[nH]c1=O. The summed E-state index contributed by atoms with van der Waals surface area (Å²) >= 11 is 0. The van der Waals surface area contributed by atoms with Crippen molar-refractivity contribution in [3.63, 3.8) is 0 Å². The second kappa shape index (κ2) is 7.20. The van der Waals surface area contributed by atoms with Gasteiger partial charge in [-0.3, -0.25) is 14.3 Å². The summed E-state index contributed by atoms with van der Waals surface area (Å²) in [7, 11) is 0. The summed E-state index contributed by atoms with van der Waals surface area (Å²) in [4.78, 5) is 26.4. The molecule has 0 aliphatic carbocycles. The number of aliphatic hydroxyl groups excluding tert-OH is 1. The van der Waals surface area contributed by atoms with E-state index in [2.05, 4.69) is 4.98 Å². The maximum atomic E-state index is 12.2. The fourth-order valence-electron chi connectivity index (χ4n) is 2.37. The Morgan fingerprint density at radius 3 is 2.59 bits per heavy atom. The van der Waals surface area contributed by atoms with Crippen LogP contribution < -0.4 is 11.2 Å². The molecule has 1 unspecified atom stereocenters. The largest absolute Gasteiger partial charge is 0.394 e. The van der Waals surface area contributed by atoms with Crippen molar-refractivity contribution in [1.29, 1.82) is 0 Å². The van der Waals surface area contributed by atoms with Crippen LogP contribution in [0.25, 0.3) is 0 Å². The Morgan fingerprint density at radius 1 is 1.27 bits per heavy atom. The number of aromatic nitrogens is 2. The molecule has 0 aliphatic heterocycles. The molecule has 0 spiro atoms. The van der Waals surface area contributed by atoms with Crippen LogP contribution in [0, 0.1) is 6.92 Å². The highest BCUT2D eigenvalue weighted by Crippen LogP contribution is 2.14. The molecule has 1 aromatic carbocycles. The standard InChI is InChI=1S/C16H20N2O4/c1-11-14(10-13-6-4-3-5-7-13)18(12(2)22-9-8-19)16(21)17-15(11)20/h3-7,12,19H,8-10H2,1-2H3,(H,17,20,21). The lowest BCUT2D eigenvalue weighted by Gasteiger charge is -2.21. The maximum absolute atomic E-state index is 12.2. The number of hydrogen-bond acceptors (Lipinski definition) is 4. The Bertz CT molecular complexity index is 734. The van der Waals surface area contributed by atoms with Crippen molar-refractivity contribution < 1.29 is 9.84 Å². The third-order valence-electron chi connectivity index (χ3n) is 3.53. The van der Waals surface area contributed by atoms with E-state index in [-0.39, 0.29) is 18.8 Å². The van der Waals surface area contributed by atoms with E-state index in [0.29, 0.717) is 17.7 Å². The molecule has 0 saturated heterocycles. The molecule has 1 aromatic heterocycles. The van der Waals surface area contributed by atoms with E-state index in [0.717, 1.165) is 5.56 Å². The molecule has 2 aromatic rings. The van der Waals surface area contributed by atoms with E-state index >= 15 is 0 Å². The number of benzene rings is 1. The topological polar surface area (TPSA) is 84.3 Å². The zero-order chi connectivity index (χ0) is 16.1. The van der Waals surface area contributed by atoms with Gasteiger partial charge >= 0.3 is 5.69 Å². The first-order valence-electron chi connectivity index (χ1n) is 7.15. The van der Waals surface area contributed by atoms with Crippen molar-refractivity contribution in [2.24, 2.45) is 0 Å². The summed E-state index contributed by atoms with van der Waals surface area (Å²) < 4.78 is 6.85. The number of nitrogens with zero attached hydrogens (tertiary/aromatic N) is 1. The number of aromatic amines is 1. The average molecular weight is 304 g/mol. The average Bonchev–Trinajstić information content (AvgIpc) is 2.51. The lowest BCUT2D eigenvalue weighted by atomic mass is 10.1. The monoisotopic (exact) mass is 304 g/mol. The Balaban J connectivity index is 2.50. The predicted molar refractivity (Wildman–Crippen MR) is 83.1 cm³/mol. The van der Waals surface area contributed by atoms with Gasteiger partial charge in [0.25, 0.3) is 5.56 Å². The van der Waals surface area contributed by atoms with Crippen molar-refractivity contribution in [2.75, 3.05) is 13.2 Å². The summed E-state index contributed by atoms with van der Waals surface area (Å²) in [6.07, 6.45) is -0.118. The van der Waals surface area contributed by atoms with Crippen LogP contribution in [0.15, 0.2) is 39.9 Å². The van der Waals surface area contributed by atoms with Gasteiger partial charge in [-0.05, 0) is 19.4 Å². The van der Waals surface area contributed by atoms with Crippen LogP contribution in [0.1, 0.15) is 30.0 Å². The molecule has 1 heterocycles. The Hall–Kier alpha value is -2.18. The summed E-state index contributed by atoms with van der Waals surface area (Å²) in [5, 5.41) is 8.86. The van der Waals surface area contributed by atoms with E-state index < -0.39 is 11.9 Å². The first-order chi connectivity index (χ1) is 10.5. The first-order valence-corrected chi connectivity index (χ1v) is 7.15. The molecule has 0 bridgehead atoms. The van der Waals surface area contributed by atoms with Gasteiger partial charge in [-0.15, -0.1) is 0 Å². The lowest BCUT2D eigenvalue weighted by Crippen LogP contribution is -2.37. The quantitative estimate of drug-likeness (QED) is 0.832. The summed E-state index contributed by atoms with van der Waals surface area (Å²) in [5.41, 5.74) is 1.21. The Morgan fingerprint density at radius 2 is 1.95 bits per heavy atom. The minimum atomic E-state index is -0.575. The van der Waals surface area contributed by atoms with Crippen molar-refractivity contribution in [2.45, 2.75) is 26.5 Å². The van der Waals surface area contributed by atoms with Crippen LogP contribution in [0.5, 0.6) is 0 Å². The smallest absolute Gasteiger partial charge is 0.330 e. The van der Waals surface area contributed by atoms with Crippen LogP contribution >= 0.6 is 0 Å². The van der Waals surface area contributed by atoms with Crippen molar-refractivity contribution in [3.05, 3.63) is 68.0 Å². The molecule has 2 N–H and O–H groups in total. The third-order valence-corrected chi connectivity index (χ3v) is 3.53. The highest BCUT2D eigenvalue weighted by atomic mass is 16.5. The predicted octanol–water partition coefficient (Wildman–Crippen LogP) is 0.963. The zero-order valence-corrected chi connectivity index (χ0v) is 12.7. The number of hydrogen-bond donors (Lipinski definition) is 2. The molecule has 0 fully saturated rings. The first kappa shape index (κ1) is 16.2. The van der Waals surface area contributed by atoms with Crippen molar-refractivity contribution in [1.82, 2.24) is 9.55 Å². The molecule has 6 heteroatoms. The number of aliphatic hydroxyl groups is 1. The molecule has 0 saturated carbocycles. The minimum absolute atomic E-state index is 0.122. The molecule has 0 aliphatic rings. The fourth-order valence-corrected chi connectivity index (χ4v) is 2.37. The van der Waals surface area contributed by atoms with Gasteiger partial charge in [-0.25, -0.2) is 4.79 Å². The highest BCUT2D eigenvalue weighted by molar-refractivity contribution is 5.26. The second-order valence-corrected chi connectivity index (χ2v) is 5.06. The van der Waals surface area contributed by atoms with E-state index in [1.54, 1.807) is 13.8 Å². The van der Waals surface area contributed by atoms with Crippen molar-refractivity contribution in [3.8, 4) is 0 Å². The number of ether oxygens (including phenoxy) is 1. The van der Waals surface area contributed by atoms with E-state index in [1.165, 1.54) is 4.57 Å². The lowest BCUT2D eigenvalue weighted by molar-refractivity contribution is -0.00724. The van der Waals surface area contributed by atoms with Gasteiger partial charge in [-0.2, -0.15) is 0 Å². The van der Waals surface area contributed by atoms with E-state index in [4.69, 9.17) is 9.84 Å². The van der Waals surface area contributed by atoms with Gasteiger partial charge < -0.3 is 9.84 Å². The van der Waals surface area contributed by atoms with Gasteiger partial charge in [0.1, 0.15) is 6.23 Å². The Labute approximate surface area is 128 Å². The van der Waals surface area contributed by atoms with Crippen LogP contribution in [0.2, 0.25) is 0 Å². The normalized spacial score (nSPS) is 12.3. The molecule has 118 valence electrons. The Kier molecular flexibility index (Phi) is 5.30. The molecule has 22 heavy (non-hydrogen) atoms. The fraction of sp³-hybridized carbons (Fsp3) is 0.375. The minimum Gasteiger partial charge on any atom is -0.394 e. The molecule has 0 radical (unpaired) electrons. The van der Waals surface area contributed by atoms with E-state index in [9.17, 15) is 9.59 Å². The molecule has 1 atom stereocenters. The van der Waals surface area contributed by atoms with Crippen LogP contribution in [0.3, 0.4) is 0 Å². The number of nitrogens with one attached hydrogen (secondary N) is 1. The number of rotatable bonds is 6. The van der Waals surface area contributed by atoms with Gasteiger partial charge in [0.2, 0.25) is 0 Å².